The third-order valence-corrected chi connectivity index (χ3v) is 4.77. The average molecular weight is 390 g/mol. The van der Waals surface area contributed by atoms with Gasteiger partial charge < -0.3 is 4.74 Å². The summed E-state index contributed by atoms with van der Waals surface area (Å²) in [6.07, 6.45) is 1.93. The van der Waals surface area contributed by atoms with Crippen molar-refractivity contribution in [1.82, 2.24) is 14.8 Å². The third kappa shape index (κ3) is 4.10. The number of ether oxygens (including phenoxy) is 1. The monoisotopic (exact) mass is 390 g/mol. The molecule has 0 aliphatic rings. The molecule has 0 aliphatic carbocycles. The van der Waals surface area contributed by atoms with Gasteiger partial charge in [0.1, 0.15) is 11.4 Å². The molecule has 0 bridgehead atoms. The van der Waals surface area contributed by atoms with Crippen molar-refractivity contribution in [2.45, 2.75) is 0 Å². The molecule has 0 saturated heterocycles. The highest BCUT2D eigenvalue weighted by Crippen LogP contribution is 2.32. The van der Waals surface area contributed by atoms with Gasteiger partial charge in [-0.1, -0.05) is 48.5 Å². The molecule has 6 nitrogen and oxygen atoms in total. The van der Waals surface area contributed by atoms with E-state index >= 15 is 0 Å². The van der Waals surface area contributed by atoms with Crippen LogP contribution in [0.5, 0.6) is 5.75 Å². The van der Waals surface area contributed by atoms with Crippen LogP contribution < -0.4 is 10.1 Å². The predicted molar refractivity (Wildman–Crippen MR) is 110 cm³/mol. The Bertz CT molecular complexity index is 1070. The molecule has 0 saturated carbocycles. The second-order valence-corrected chi connectivity index (χ2v) is 6.98. The topological polar surface area (TPSA) is 69.0 Å². The molecule has 0 radical (unpaired) electrons. The van der Waals surface area contributed by atoms with Crippen LogP contribution in [0.1, 0.15) is 0 Å². The highest BCUT2D eigenvalue weighted by Gasteiger charge is 2.15. The Morgan fingerprint density at radius 3 is 2.57 bits per heavy atom. The molecule has 4 rings (SSSR count). The van der Waals surface area contributed by atoms with E-state index in [1.165, 1.54) is 11.3 Å². The molecule has 140 valence electrons. The van der Waals surface area contributed by atoms with E-state index in [9.17, 15) is 4.79 Å². The average Bonchev–Trinajstić information content (AvgIpc) is 3.34. The van der Waals surface area contributed by atoms with Gasteiger partial charge in [0.15, 0.2) is 11.7 Å². The molecule has 7 heteroatoms. The van der Waals surface area contributed by atoms with Crippen LogP contribution >= 0.6 is 11.3 Å². The van der Waals surface area contributed by atoms with Crippen LogP contribution in [0, 0.1) is 0 Å². The lowest BCUT2D eigenvalue weighted by atomic mass is 10.1. The summed E-state index contributed by atoms with van der Waals surface area (Å²) in [6.45, 7) is -0.0684. The summed E-state index contributed by atoms with van der Waals surface area (Å²) in [5.41, 5.74) is 3.58. The standard InChI is InChI=1S/C21H18N4O2S/c1-25-12-17(20(24-25)15-8-4-2-5-9-15)18-14-28-21(22-18)23-19(26)13-27-16-10-6-3-7-11-16/h2-12,14H,13H2,1H3,(H,22,23,26). The van der Waals surface area contributed by atoms with Gasteiger partial charge in [-0.2, -0.15) is 5.10 Å². The number of carbonyl (C=O) groups excluding carboxylic acids is 1. The fourth-order valence-electron chi connectivity index (χ4n) is 2.76. The van der Waals surface area contributed by atoms with Crippen molar-refractivity contribution < 1.29 is 9.53 Å². The SMILES string of the molecule is Cn1cc(-c2csc(NC(=O)COc3ccccc3)n2)c(-c2ccccc2)n1. The number of nitrogens with zero attached hydrogens (tertiary/aromatic N) is 3. The van der Waals surface area contributed by atoms with Crippen molar-refractivity contribution >= 4 is 22.4 Å². The van der Waals surface area contributed by atoms with Crippen LogP contribution in [-0.2, 0) is 11.8 Å². The van der Waals surface area contributed by atoms with Crippen molar-refractivity contribution in [3.63, 3.8) is 0 Å². The maximum absolute atomic E-state index is 12.1. The number of thiazole rings is 1. The van der Waals surface area contributed by atoms with Crippen LogP contribution in [0.15, 0.2) is 72.2 Å². The summed E-state index contributed by atoms with van der Waals surface area (Å²) in [7, 11) is 1.88. The van der Waals surface area contributed by atoms with E-state index in [2.05, 4.69) is 15.4 Å². The van der Waals surface area contributed by atoms with Crippen molar-refractivity contribution in [3.05, 3.63) is 72.2 Å². The maximum atomic E-state index is 12.1. The fraction of sp³-hybridized carbons (Fsp3) is 0.0952. The highest BCUT2D eigenvalue weighted by molar-refractivity contribution is 7.14. The lowest BCUT2D eigenvalue weighted by Gasteiger charge is -2.05. The van der Waals surface area contributed by atoms with Crippen LogP contribution in [0.25, 0.3) is 22.5 Å². The predicted octanol–water partition coefficient (Wildman–Crippen LogP) is 4.23. The van der Waals surface area contributed by atoms with Crippen LogP contribution in [0.2, 0.25) is 0 Å². The van der Waals surface area contributed by atoms with Crippen molar-refractivity contribution in [1.29, 1.82) is 0 Å². The molecule has 2 aromatic heterocycles. The molecule has 0 aliphatic heterocycles. The highest BCUT2D eigenvalue weighted by atomic mass is 32.1. The van der Waals surface area contributed by atoms with E-state index in [1.54, 1.807) is 4.68 Å². The number of hydrogen-bond donors (Lipinski definition) is 1. The minimum atomic E-state index is -0.251. The number of aromatic nitrogens is 3. The van der Waals surface area contributed by atoms with Gasteiger partial charge in [0, 0.05) is 29.8 Å². The largest absolute Gasteiger partial charge is 0.484 e. The minimum absolute atomic E-state index is 0.0684. The van der Waals surface area contributed by atoms with Crippen LogP contribution in [0.4, 0.5) is 5.13 Å². The molecule has 2 heterocycles. The summed E-state index contributed by atoms with van der Waals surface area (Å²) in [5, 5.41) is 9.79. The van der Waals surface area contributed by atoms with Gasteiger partial charge in [-0.05, 0) is 12.1 Å². The number of rotatable bonds is 6. The van der Waals surface area contributed by atoms with Crippen LogP contribution in [0.3, 0.4) is 0 Å². The van der Waals surface area contributed by atoms with E-state index in [4.69, 9.17) is 4.74 Å². The van der Waals surface area contributed by atoms with Crippen molar-refractivity contribution in [2.75, 3.05) is 11.9 Å². The van der Waals surface area contributed by atoms with E-state index in [0.29, 0.717) is 10.9 Å². The summed E-state index contributed by atoms with van der Waals surface area (Å²) in [4.78, 5) is 16.7. The van der Waals surface area contributed by atoms with Gasteiger partial charge in [0.05, 0.1) is 5.69 Å². The molecule has 1 amide bonds. The van der Waals surface area contributed by atoms with Gasteiger partial charge >= 0.3 is 0 Å². The van der Waals surface area contributed by atoms with Crippen LogP contribution in [-0.4, -0.2) is 27.3 Å². The van der Waals surface area contributed by atoms with E-state index < -0.39 is 0 Å². The Kier molecular flexibility index (Phi) is 5.16. The van der Waals surface area contributed by atoms with Gasteiger partial charge in [0.2, 0.25) is 0 Å². The third-order valence-electron chi connectivity index (χ3n) is 4.02. The molecule has 0 spiro atoms. The van der Waals surface area contributed by atoms with Gasteiger partial charge in [-0.3, -0.25) is 14.8 Å². The number of amides is 1. The molecule has 2 aromatic carbocycles. The zero-order valence-electron chi connectivity index (χ0n) is 15.2. The smallest absolute Gasteiger partial charge is 0.264 e. The Hall–Kier alpha value is -3.45. The Balaban J connectivity index is 1.47. The number of hydrogen-bond acceptors (Lipinski definition) is 5. The quantitative estimate of drug-likeness (QED) is 0.535. The van der Waals surface area contributed by atoms with E-state index in [1.807, 2.05) is 79.3 Å². The molecule has 4 aromatic rings. The Labute approximate surface area is 166 Å². The summed E-state index contributed by atoms with van der Waals surface area (Å²) in [6, 6.07) is 19.2. The lowest BCUT2D eigenvalue weighted by Crippen LogP contribution is -2.20. The Morgan fingerprint density at radius 1 is 1.11 bits per heavy atom. The second-order valence-electron chi connectivity index (χ2n) is 6.12. The number of benzene rings is 2. The number of carbonyl (C=O) groups is 1. The maximum Gasteiger partial charge on any atom is 0.264 e. The fourth-order valence-corrected chi connectivity index (χ4v) is 3.49. The molecule has 0 unspecified atom stereocenters. The van der Waals surface area contributed by atoms with Crippen molar-refractivity contribution in [2.24, 2.45) is 7.05 Å². The first-order chi connectivity index (χ1) is 13.7. The molecule has 28 heavy (non-hydrogen) atoms. The first-order valence-electron chi connectivity index (χ1n) is 8.72. The second kappa shape index (κ2) is 8.06. The summed E-state index contributed by atoms with van der Waals surface area (Å²) >= 11 is 1.37. The first kappa shape index (κ1) is 17.9. The number of nitrogens with one attached hydrogen (secondary N) is 1. The zero-order valence-corrected chi connectivity index (χ0v) is 16.0. The summed E-state index contributed by atoms with van der Waals surface area (Å²) in [5.74, 6) is 0.402. The zero-order chi connectivity index (χ0) is 19.3. The number of anilines is 1. The minimum Gasteiger partial charge on any atom is -0.484 e. The van der Waals surface area contributed by atoms with Gasteiger partial charge in [-0.15, -0.1) is 11.3 Å². The Morgan fingerprint density at radius 2 is 1.82 bits per heavy atom. The number of aryl methyl sites for hydroxylation is 1. The lowest BCUT2D eigenvalue weighted by molar-refractivity contribution is -0.118. The molecule has 0 fully saturated rings. The van der Waals surface area contributed by atoms with Crippen molar-refractivity contribution in [3.8, 4) is 28.3 Å². The normalized spacial score (nSPS) is 10.6. The molecule has 1 N–H and O–H groups in total. The van der Waals surface area contributed by atoms with E-state index in [0.717, 1.165) is 22.5 Å². The summed E-state index contributed by atoms with van der Waals surface area (Å²) < 4.78 is 7.23. The molecular weight excluding hydrogens is 372 g/mol. The van der Waals surface area contributed by atoms with Gasteiger partial charge in [-0.25, -0.2) is 4.98 Å². The first-order valence-corrected chi connectivity index (χ1v) is 9.59. The van der Waals surface area contributed by atoms with Gasteiger partial charge in [0.25, 0.3) is 5.91 Å². The molecule has 0 atom stereocenters. The van der Waals surface area contributed by atoms with E-state index in [-0.39, 0.29) is 12.5 Å². The number of para-hydroxylation sites is 1. The molecular formula is C21H18N4O2S.